The summed E-state index contributed by atoms with van der Waals surface area (Å²) in [5.41, 5.74) is 0.822. The SMILES string of the molecule is CCC(CNC(=O)CCNC(=O)C(C)(C)C)c1ccccc1. The van der Waals surface area contributed by atoms with E-state index in [1.165, 1.54) is 5.56 Å². The minimum absolute atomic E-state index is 0.0245. The first kappa shape index (κ1) is 18.2. The molecule has 22 heavy (non-hydrogen) atoms. The lowest BCUT2D eigenvalue weighted by molar-refractivity contribution is -0.128. The number of amides is 2. The lowest BCUT2D eigenvalue weighted by Gasteiger charge is -2.18. The van der Waals surface area contributed by atoms with Crippen LogP contribution >= 0.6 is 0 Å². The number of carbonyl (C=O) groups is 2. The molecule has 2 N–H and O–H groups in total. The zero-order valence-corrected chi connectivity index (χ0v) is 14.1. The molecular weight excluding hydrogens is 276 g/mol. The molecule has 0 spiro atoms. The fourth-order valence-electron chi connectivity index (χ4n) is 2.10. The van der Waals surface area contributed by atoms with Crippen molar-refractivity contribution in [3.8, 4) is 0 Å². The molecule has 0 aliphatic heterocycles. The maximum absolute atomic E-state index is 11.9. The van der Waals surface area contributed by atoms with Crippen molar-refractivity contribution in [1.29, 1.82) is 0 Å². The van der Waals surface area contributed by atoms with Gasteiger partial charge >= 0.3 is 0 Å². The Morgan fingerprint density at radius 1 is 1.09 bits per heavy atom. The van der Waals surface area contributed by atoms with Gasteiger partial charge in [-0.1, -0.05) is 58.0 Å². The maximum atomic E-state index is 11.9. The molecule has 122 valence electrons. The van der Waals surface area contributed by atoms with Crippen molar-refractivity contribution >= 4 is 11.8 Å². The second-order valence-electron chi connectivity index (χ2n) is 6.58. The molecule has 4 nitrogen and oxygen atoms in total. The molecule has 0 aliphatic rings. The first-order valence-corrected chi connectivity index (χ1v) is 7.94. The molecule has 1 unspecified atom stereocenters. The van der Waals surface area contributed by atoms with Crippen molar-refractivity contribution in [1.82, 2.24) is 10.6 Å². The van der Waals surface area contributed by atoms with Gasteiger partial charge in [0.05, 0.1) is 0 Å². The van der Waals surface area contributed by atoms with Gasteiger partial charge in [-0.25, -0.2) is 0 Å². The van der Waals surface area contributed by atoms with Crippen LogP contribution in [-0.2, 0) is 9.59 Å². The average Bonchev–Trinajstić information content (AvgIpc) is 2.48. The van der Waals surface area contributed by atoms with Gasteiger partial charge in [0.1, 0.15) is 0 Å². The molecule has 0 saturated heterocycles. The molecular formula is C18H28N2O2. The first-order chi connectivity index (χ1) is 10.3. The Bertz CT molecular complexity index is 478. The summed E-state index contributed by atoms with van der Waals surface area (Å²) in [4.78, 5) is 23.6. The Kier molecular flexibility index (Phi) is 7.09. The van der Waals surface area contributed by atoms with E-state index >= 15 is 0 Å². The van der Waals surface area contributed by atoms with Gasteiger partial charge in [0.15, 0.2) is 0 Å². The van der Waals surface area contributed by atoms with Crippen molar-refractivity contribution in [3.05, 3.63) is 35.9 Å². The van der Waals surface area contributed by atoms with Crippen LogP contribution in [0, 0.1) is 5.41 Å². The predicted molar refractivity (Wildman–Crippen MR) is 89.6 cm³/mol. The first-order valence-electron chi connectivity index (χ1n) is 7.94. The topological polar surface area (TPSA) is 58.2 Å². The number of rotatable bonds is 7. The summed E-state index contributed by atoms with van der Waals surface area (Å²) in [7, 11) is 0. The third kappa shape index (κ3) is 6.29. The van der Waals surface area contributed by atoms with E-state index in [-0.39, 0.29) is 11.8 Å². The molecule has 0 aliphatic carbocycles. The Morgan fingerprint density at radius 3 is 2.27 bits per heavy atom. The van der Waals surface area contributed by atoms with E-state index in [1.807, 2.05) is 39.0 Å². The van der Waals surface area contributed by atoms with Crippen LogP contribution in [-0.4, -0.2) is 24.9 Å². The van der Waals surface area contributed by atoms with Crippen LogP contribution in [0.4, 0.5) is 0 Å². The van der Waals surface area contributed by atoms with E-state index < -0.39 is 5.41 Å². The van der Waals surface area contributed by atoms with Crippen LogP contribution in [0.15, 0.2) is 30.3 Å². The minimum atomic E-state index is -0.420. The van der Waals surface area contributed by atoms with Gasteiger partial charge in [-0.2, -0.15) is 0 Å². The average molecular weight is 304 g/mol. The number of hydrogen-bond acceptors (Lipinski definition) is 2. The van der Waals surface area contributed by atoms with Gasteiger partial charge in [-0.05, 0) is 12.0 Å². The van der Waals surface area contributed by atoms with Crippen molar-refractivity contribution in [2.24, 2.45) is 5.41 Å². The highest BCUT2D eigenvalue weighted by molar-refractivity contribution is 5.82. The minimum Gasteiger partial charge on any atom is -0.355 e. The van der Waals surface area contributed by atoms with Gasteiger partial charge in [-0.15, -0.1) is 0 Å². The fourth-order valence-corrected chi connectivity index (χ4v) is 2.10. The largest absolute Gasteiger partial charge is 0.355 e. The molecule has 0 saturated carbocycles. The van der Waals surface area contributed by atoms with Gasteiger partial charge in [-0.3, -0.25) is 9.59 Å². The third-order valence-corrected chi connectivity index (χ3v) is 3.63. The summed E-state index contributed by atoms with van der Waals surface area (Å²) in [6, 6.07) is 10.2. The zero-order chi connectivity index (χ0) is 16.6. The van der Waals surface area contributed by atoms with E-state index in [4.69, 9.17) is 0 Å². The molecule has 1 aromatic rings. The molecule has 4 heteroatoms. The van der Waals surface area contributed by atoms with Crippen molar-refractivity contribution in [2.75, 3.05) is 13.1 Å². The lowest BCUT2D eigenvalue weighted by atomic mass is 9.96. The summed E-state index contributed by atoms with van der Waals surface area (Å²) < 4.78 is 0. The summed E-state index contributed by atoms with van der Waals surface area (Å²) in [5, 5.41) is 5.74. The fraction of sp³-hybridized carbons (Fsp3) is 0.556. The highest BCUT2D eigenvalue weighted by Gasteiger charge is 2.20. The quantitative estimate of drug-likeness (QED) is 0.814. The molecule has 1 rings (SSSR count). The molecule has 0 fully saturated rings. The normalized spacial score (nSPS) is 12.5. The van der Waals surface area contributed by atoms with Crippen molar-refractivity contribution in [2.45, 2.75) is 46.5 Å². The summed E-state index contributed by atoms with van der Waals surface area (Å²) >= 11 is 0. The highest BCUT2D eigenvalue weighted by atomic mass is 16.2. The molecule has 0 heterocycles. The number of benzene rings is 1. The monoisotopic (exact) mass is 304 g/mol. The standard InChI is InChI=1S/C18H28N2O2/c1-5-14(15-9-7-6-8-10-15)13-20-16(21)11-12-19-17(22)18(2,3)4/h6-10,14H,5,11-13H2,1-4H3,(H,19,22)(H,20,21). The van der Waals surface area contributed by atoms with Crippen LogP contribution in [0.25, 0.3) is 0 Å². The molecule has 1 atom stereocenters. The summed E-state index contributed by atoms with van der Waals surface area (Å²) in [6.07, 6.45) is 1.29. The van der Waals surface area contributed by atoms with Gasteiger partial charge in [0, 0.05) is 30.8 Å². The number of hydrogen-bond donors (Lipinski definition) is 2. The van der Waals surface area contributed by atoms with E-state index in [0.29, 0.717) is 25.4 Å². The molecule has 0 bridgehead atoms. The molecule has 2 amide bonds. The van der Waals surface area contributed by atoms with Crippen LogP contribution in [0.2, 0.25) is 0 Å². The van der Waals surface area contributed by atoms with E-state index in [0.717, 1.165) is 6.42 Å². The van der Waals surface area contributed by atoms with Crippen molar-refractivity contribution in [3.63, 3.8) is 0 Å². The lowest BCUT2D eigenvalue weighted by Crippen LogP contribution is -2.37. The Hall–Kier alpha value is -1.84. The summed E-state index contributed by atoms with van der Waals surface area (Å²) in [6.45, 7) is 8.69. The Labute approximate surface area is 133 Å². The van der Waals surface area contributed by atoms with E-state index in [2.05, 4.69) is 29.7 Å². The maximum Gasteiger partial charge on any atom is 0.225 e. The second kappa shape index (κ2) is 8.57. The van der Waals surface area contributed by atoms with Crippen LogP contribution < -0.4 is 10.6 Å². The number of nitrogens with one attached hydrogen (secondary N) is 2. The van der Waals surface area contributed by atoms with Gasteiger partial charge in [0.2, 0.25) is 11.8 Å². The van der Waals surface area contributed by atoms with Crippen LogP contribution in [0.3, 0.4) is 0 Å². The smallest absolute Gasteiger partial charge is 0.225 e. The van der Waals surface area contributed by atoms with Crippen LogP contribution in [0.1, 0.15) is 52.0 Å². The summed E-state index contributed by atoms with van der Waals surface area (Å²) in [5.74, 6) is 0.272. The van der Waals surface area contributed by atoms with Crippen molar-refractivity contribution < 1.29 is 9.59 Å². The zero-order valence-electron chi connectivity index (χ0n) is 14.1. The van der Waals surface area contributed by atoms with Gasteiger partial charge in [0.25, 0.3) is 0 Å². The second-order valence-corrected chi connectivity index (χ2v) is 6.58. The van der Waals surface area contributed by atoms with E-state index in [1.54, 1.807) is 0 Å². The molecule has 0 radical (unpaired) electrons. The van der Waals surface area contributed by atoms with Crippen LogP contribution in [0.5, 0.6) is 0 Å². The van der Waals surface area contributed by atoms with E-state index in [9.17, 15) is 9.59 Å². The Balaban J connectivity index is 2.32. The molecule has 1 aromatic carbocycles. The highest BCUT2D eigenvalue weighted by Crippen LogP contribution is 2.17. The third-order valence-electron chi connectivity index (χ3n) is 3.63. The molecule has 0 aromatic heterocycles. The van der Waals surface area contributed by atoms with Gasteiger partial charge < -0.3 is 10.6 Å². The Morgan fingerprint density at radius 2 is 1.73 bits per heavy atom. The number of carbonyl (C=O) groups excluding carboxylic acids is 2. The predicted octanol–water partition coefficient (Wildman–Crippen LogP) is 2.85.